The number of amides is 1. The number of benzene rings is 2. The molecule has 0 atom stereocenters. The molecule has 7 nitrogen and oxygen atoms in total. The minimum atomic E-state index is -0.578. The Morgan fingerprint density at radius 1 is 0.966 bits per heavy atom. The Morgan fingerprint density at radius 3 is 2.28 bits per heavy atom. The molecule has 0 radical (unpaired) electrons. The van der Waals surface area contributed by atoms with Crippen molar-refractivity contribution in [3.05, 3.63) is 66.4 Å². The minimum absolute atomic E-state index is 0.00673. The maximum atomic E-state index is 12.0. The lowest BCUT2D eigenvalue weighted by Crippen LogP contribution is -2.30. The van der Waals surface area contributed by atoms with Gasteiger partial charge in [0.15, 0.2) is 10.4 Å². The van der Waals surface area contributed by atoms with Gasteiger partial charge in [-0.1, -0.05) is 60.7 Å². The number of hydrazine groups is 1. The Kier molecular flexibility index (Phi) is 4.01. The van der Waals surface area contributed by atoms with Crippen molar-refractivity contribution in [2.75, 3.05) is 5.73 Å². The summed E-state index contributed by atoms with van der Waals surface area (Å²) in [7, 11) is 0. The number of nitrogens with zero attached hydrogens (tertiary/aromatic N) is 2. The van der Waals surface area contributed by atoms with E-state index in [0.717, 1.165) is 27.8 Å². The number of carbonyl (C=O) groups excluding carboxylic acids is 1. The third-order valence-electron chi connectivity index (χ3n) is 4.71. The average molecular weight is 401 g/mol. The quantitative estimate of drug-likeness (QED) is 0.239. The number of hydrogen-bond donors (Lipinski definition) is 3. The molecule has 0 fully saturated rings. The molecule has 5 N–H and O–H groups in total. The van der Waals surface area contributed by atoms with E-state index < -0.39 is 5.91 Å². The molecule has 0 unspecified atom stereocenters. The summed E-state index contributed by atoms with van der Waals surface area (Å²) in [6.45, 7) is 0. The number of furan rings is 1. The number of fused-ring (bicyclic) bond motifs is 3. The van der Waals surface area contributed by atoms with Gasteiger partial charge in [0.2, 0.25) is 5.76 Å². The van der Waals surface area contributed by atoms with Gasteiger partial charge in [-0.3, -0.25) is 10.2 Å². The van der Waals surface area contributed by atoms with Crippen LogP contribution in [0.2, 0.25) is 0 Å². The number of hydrogen-bond acceptors (Lipinski definition) is 7. The van der Waals surface area contributed by atoms with E-state index in [2.05, 4.69) is 15.6 Å². The molecule has 8 heteroatoms. The van der Waals surface area contributed by atoms with Gasteiger partial charge < -0.3 is 10.2 Å². The van der Waals surface area contributed by atoms with Gasteiger partial charge in [-0.15, -0.1) is 21.5 Å². The third kappa shape index (κ3) is 2.65. The fourth-order valence-electron chi connectivity index (χ4n) is 3.41. The van der Waals surface area contributed by atoms with Crippen LogP contribution in [0.15, 0.2) is 65.1 Å². The van der Waals surface area contributed by atoms with Crippen LogP contribution in [0.3, 0.4) is 0 Å². The maximum Gasteiger partial charge on any atom is 0.303 e. The molecule has 0 aliphatic carbocycles. The van der Waals surface area contributed by atoms with Crippen molar-refractivity contribution in [2.45, 2.75) is 0 Å². The number of anilines is 1. The van der Waals surface area contributed by atoms with Crippen LogP contribution in [-0.2, 0) is 0 Å². The van der Waals surface area contributed by atoms with Gasteiger partial charge in [-0.2, -0.15) is 0 Å². The van der Waals surface area contributed by atoms with Crippen molar-refractivity contribution < 1.29 is 9.21 Å². The monoisotopic (exact) mass is 401 g/mol. The molecule has 0 spiro atoms. The zero-order valence-corrected chi connectivity index (χ0v) is 15.9. The summed E-state index contributed by atoms with van der Waals surface area (Å²) in [5, 5.41) is 9.70. The van der Waals surface area contributed by atoms with Gasteiger partial charge in [0, 0.05) is 11.1 Å². The third-order valence-corrected chi connectivity index (χ3v) is 5.80. The van der Waals surface area contributed by atoms with E-state index in [9.17, 15) is 4.79 Å². The summed E-state index contributed by atoms with van der Waals surface area (Å²) >= 11 is 1.34. The molecular formula is C21H15N5O2S. The molecule has 0 saturated heterocycles. The lowest BCUT2D eigenvalue weighted by atomic mass is 9.97. The van der Waals surface area contributed by atoms with Gasteiger partial charge >= 0.3 is 5.91 Å². The van der Waals surface area contributed by atoms with Crippen LogP contribution in [0.1, 0.15) is 10.6 Å². The molecule has 0 saturated carbocycles. The Hall–Kier alpha value is -3.75. The number of rotatable bonds is 3. The lowest BCUT2D eigenvalue weighted by Gasteiger charge is -2.10. The van der Waals surface area contributed by atoms with Crippen LogP contribution in [0.5, 0.6) is 0 Å². The van der Waals surface area contributed by atoms with Crippen molar-refractivity contribution in [3.63, 3.8) is 0 Å². The van der Waals surface area contributed by atoms with Crippen LogP contribution in [0.25, 0.3) is 42.9 Å². The SMILES string of the molecule is NNC(=O)c1oc2c(sc3nnc(-c4ccccc4)c(-c4ccccc4)c32)c1N. The predicted molar refractivity (Wildman–Crippen MR) is 114 cm³/mol. The van der Waals surface area contributed by atoms with Gasteiger partial charge in [0.25, 0.3) is 0 Å². The van der Waals surface area contributed by atoms with Gasteiger partial charge in [-0.05, 0) is 5.56 Å². The molecule has 0 aliphatic rings. The smallest absolute Gasteiger partial charge is 0.303 e. The van der Waals surface area contributed by atoms with E-state index in [4.69, 9.17) is 16.0 Å². The first-order valence-corrected chi connectivity index (χ1v) is 9.63. The summed E-state index contributed by atoms with van der Waals surface area (Å²) < 4.78 is 6.53. The summed E-state index contributed by atoms with van der Waals surface area (Å²) in [5.74, 6) is 4.68. The standard InChI is InChI=1S/C21H15N5O2S/c22-15-18(20(27)24-23)28-17-14-13(11-7-3-1-4-8-11)16(12-9-5-2-6-10-12)25-26-21(14)29-19(15)17/h1-10H,22-23H2,(H,24,27). The number of nitrogens with one attached hydrogen (secondary N) is 1. The first-order chi connectivity index (χ1) is 14.2. The Bertz CT molecular complexity index is 1360. The molecule has 5 rings (SSSR count). The number of nitrogen functional groups attached to an aromatic ring is 2. The van der Waals surface area contributed by atoms with Crippen LogP contribution >= 0.6 is 11.3 Å². The fourth-order valence-corrected chi connectivity index (χ4v) is 4.42. The zero-order valence-electron chi connectivity index (χ0n) is 15.0. The first kappa shape index (κ1) is 17.4. The normalized spacial score (nSPS) is 11.2. The summed E-state index contributed by atoms with van der Waals surface area (Å²) in [4.78, 5) is 12.7. The summed E-state index contributed by atoms with van der Waals surface area (Å²) in [6, 6.07) is 19.7. The van der Waals surface area contributed by atoms with E-state index in [1.807, 2.05) is 60.7 Å². The second kappa shape index (κ2) is 6.69. The minimum Gasteiger partial charge on any atom is -0.447 e. The Morgan fingerprint density at radius 2 is 1.62 bits per heavy atom. The maximum absolute atomic E-state index is 12.0. The van der Waals surface area contributed by atoms with Crippen LogP contribution < -0.4 is 17.0 Å². The van der Waals surface area contributed by atoms with Gasteiger partial charge in [0.1, 0.15) is 11.4 Å². The second-order valence-corrected chi connectivity index (χ2v) is 7.41. The molecule has 3 heterocycles. The highest BCUT2D eigenvalue weighted by Crippen LogP contribution is 2.46. The lowest BCUT2D eigenvalue weighted by molar-refractivity contribution is 0.0929. The van der Waals surface area contributed by atoms with Crippen molar-refractivity contribution in [3.8, 4) is 22.4 Å². The Labute approximate surface area is 168 Å². The number of carbonyl (C=O) groups is 1. The molecule has 0 aliphatic heterocycles. The highest BCUT2D eigenvalue weighted by Gasteiger charge is 2.26. The predicted octanol–water partition coefficient (Wildman–Crippen LogP) is 3.96. The van der Waals surface area contributed by atoms with Crippen molar-refractivity contribution in [1.29, 1.82) is 0 Å². The summed E-state index contributed by atoms with van der Waals surface area (Å²) in [6.07, 6.45) is 0. The molecule has 5 aromatic rings. The van der Waals surface area contributed by atoms with Crippen LogP contribution in [-0.4, -0.2) is 16.1 Å². The van der Waals surface area contributed by atoms with Crippen LogP contribution in [0.4, 0.5) is 5.69 Å². The van der Waals surface area contributed by atoms with Gasteiger partial charge in [-0.25, -0.2) is 5.84 Å². The highest BCUT2D eigenvalue weighted by molar-refractivity contribution is 7.26. The van der Waals surface area contributed by atoms with Crippen molar-refractivity contribution in [2.24, 2.45) is 5.84 Å². The number of nitrogens with two attached hydrogens (primary N) is 2. The largest absolute Gasteiger partial charge is 0.447 e. The molecule has 3 aromatic heterocycles. The second-order valence-electron chi connectivity index (χ2n) is 6.41. The molecule has 0 bridgehead atoms. The Balaban J connectivity index is 1.92. The zero-order chi connectivity index (χ0) is 20.0. The molecule has 2 aromatic carbocycles. The van der Waals surface area contributed by atoms with Crippen molar-refractivity contribution in [1.82, 2.24) is 15.6 Å². The van der Waals surface area contributed by atoms with E-state index in [1.54, 1.807) is 0 Å². The van der Waals surface area contributed by atoms with E-state index in [-0.39, 0.29) is 11.4 Å². The van der Waals surface area contributed by atoms with Crippen LogP contribution in [0, 0.1) is 0 Å². The van der Waals surface area contributed by atoms with E-state index in [0.29, 0.717) is 15.1 Å². The molecule has 142 valence electrons. The average Bonchev–Trinajstić information content (AvgIpc) is 3.30. The highest BCUT2D eigenvalue weighted by atomic mass is 32.1. The van der Waals surface area contributed by atoms with E-state index >= 15 is 0 Å². The molecular weight excluding hydrogens is 386 g/mol. The van der Waals surface area contributed by atoms with Crippen molar-refractivity contribution >= 4 is 43.4 Å². The summed E-state index contributed by atoms with van der Waals surface area (Å²) in [5.41, 5.74) is 12.5. The molecule has 29 heavy (non-hydrogen) atoms. The fraction of sp³-hybridized carbons (Fsp3) is 0. The first-order valence-electron chi connectivity index (χ1n) is 8.82. The van der Waals surface area contributed by atoms with Gasteiger partial charge in [0.05, 0.1) is 10.1 Å². The number of thiophene rings is 1. The number of aromatic nitrogens is 2. The topological polar surface area (TPSA) is 120 Å². The van der Waals surface area contributed by atoms with E-state index in [1.165, 1.54) is 11.3 Å². The molecule has 1 amide bonds.